The fourth-order valence-electron chi connectivity index (χ4n) is 1.79. The van der Waals surface area contributed by atoms with Crippen molar-refractivity contribution in [2.24, 2.45) is 5.84 Å². The summed E-state index contributed by atoms with van der Waals surface area (Å²) in [5.74, 6) is 8.18. The summed E-state index contributed by atoms with van der Waals surface area (Å²) < 4.78 is 0. The molecule has 0 spiro atoms. The van der Waals surface area contributed by atoms with Crippen LogP contribution < -0.4 is 11.3 Å². The van der Waals surface area contributed by atoms with Gasteiger partial charge in [0.1, 0.15) is 0 Å². The molecule has 0 aliphatic heterocycles. The number of hydrazine groups is 1. The maximum atomic E-state index is 5.53. The summed E-state index contributed by atoms with van der Waals surface area (Å²) in [5.41, 5.74) is 6.78. The van der Waals surface area contributed by atoms with E-state index in [0.717, 1.165) is 19.3 Å². The van der Waals surface area contributed by atoms with Crippen molar-refractivity contribution in [1.82, 2.24) is 5.43 Å². The molecular formula is C14H20N2. The summed E-state index contributed by atoms with van der Waals surface area (Å²) in [4.78, 5) is 0. The van der Waals surface area contributed by atoms with E-state index < -0.39 is 0 Å². The molecule has 3 N–H and O–H groups in total. The summed E-state index contributed by atoms with van der Waals surface area (Å²) in [5, 5.41) is 0. The van der Waals surface area contributed by atoms with Gasteiger partial charge in [0, 0.05) is 12.5 Å². The van der Waals surface area contributed by atoms with Crippen molar-refractivity contribution in [3.05, 3.63) is 34.9 Å². The first-order chi connectivity index (χ1) is 7.67. The molecule has 2 heteroatoms. The maximum Gasteiger partial charge on any atom is 0.0260 e. The Hall–Kier alpha value is -1.30. The van der Waals surface area contributed by atoms with Crippen molar-refractivity contribution >= 4 is 0 Å². The maximum absolute atomic E-state index is 5.53. The highest BCUT2D eigenvalue weighted by molar-refractivity contribution is 5.31. The summed E-state index contributed by atoms with van der Waals surface area (Å²) >= 11 is 0. The van der Waals surface area contributed by atoms with Gasteiger partial charge in [0.2, 0.25) is 0 Å². The third-order valence-corrected chi connectivity index (χ3v) is 2.84. The average Bonchev–Trinajstić information content (AvgIpc) is 2.28. The molecule has 0 heterocycles. The van der Waals surface area contributed by atoms with Crippen molar-refractivity contribution in [2.45, 2.75) is 39.2 Å². The SMILES string of the molecule is C#CCCC(Cc1cc(C)ccc1C)NN. The Bertz CT molecular complexity index is 377. The molecule has 2 nitrogen and oxygen atoms in total. The molecule has 1 atom stereocenters. The first kappa shape index (κ1) is 12.8. The minimum absolute atomic E-state index is 0.261. The van der Waals surface area contributed by atoms with E-state index in [4.69, 9.17) is 12.3 Å². The van der Waals surface area contributed by atoms with Crippen LogP contribution in [-0.4, -0.2) is 6.04 Å². The van der Waals surface area contributed by atoms with E-state index >= 15 is 0 Å². The fraction of sp³-hybridized carbons (Fsp3) is 0.429. The molecule has 0 bridgehead atoms. The minimum Gasteiger partial charge on any atom is -0.271 e. The van der Waals surface area contributed by atoms with Gasteiger partial charge in [-0.25, -0.2) is 0 Å². The lowest BCUT2D eigenvalue weighted by Crippen LogP contribution is -2.36. The lowest BCUT2D eigenvalue weighted by Gasteiger charge is -2.16. The van der Waals surface area contributed by atoms with E-state index in [2.05, 4.69) is 43.4 Å². The second-order valence-corrected chi connectivity index (χ2v) is 4.24. The second kappa shape index (κ2) is 6.32. The molecule has 1 unspecified atom stereocenters. The van der Waals surface area contributed by atoms with Crippen molar-refractivity contribution in [3.8, 4) is 12.3 Å². The minimum atomic E-state index is 0.261. The predicted molar refractivity (Wildman–Crippen MR) is 68.8 cm³/mol. The third kappa shape index (κ3) is 3.69. The molecule has 0 saturated heterocycles. The van der Waals surface area contributed by atoms with Crippen molar-refractivity contribution < 1.29 is 0 Å². The number of hydrogen-bond acceptors (Lipinski definition) is 2. The number of nitrogens with two attached hydrogens (primary N) is 1. The molecule has 0 aliphatic carbocycles. The van der Waals surface area contributed by atoms with E-state index in [0.29, 0.717) is 0 Å². The molecule has 0 fully saturated rings. The second-order valence-electron chi connectivity index (χ2n) is 4.24. The Labute approximate surface area is 98.2 Å². The van der Waals surface area contributed by atoms with E-state index in [1.165, 1.54) is 16.7 Å². The van der Waals surface area contributed by atoms with E-state index in [1.807, 2.05) is 0 Å². The number of nitrogens with one attached hydrogen (secondary N) is 1. The molecule has 0 aliphatic rings. The van der Waals surface area contributed by atoms with Crippen LogP contribution in [0, 0.1) is 26.2 Å². The van der Waals surface area contributed by atoms with Crippen molar-refractivity contribution in [3.63, 3.8) is 0 Å². The molecule has 1 aromatic carbocycles. The molecule has 0 aromatic heterocycles. The largest absolute Gasteiger partial charge is 0.271 e. The van der Waals surface area contributed by atoms with Gasteiger partial charge in [-0.3, -0.25) is 11.3 Å². The van der Waals surface area contributed by atoms with Crippen LogP contribution in [0.15, 0.2) is 18.2 Å². The van der Waals surface area contributed by atoms with Crippen LogP contribution >= 0.6 is 0 Å². The highest BCUT2D eigenvalue weighted by Crippen LogP contribution is 2.14. The zero-order valence-electron chi connectivity index (χ0n) is 10.1. The van der Waals surface area contributed by atoms with Gasteiger partial charge >= 0.3 is 0 Å². The predicted octanol–water partition coefficient (Wildman–Crippen LogP) is 2.09. The Morgan fingerprint density at radius 1 is 1.44 bits per heavy atom. The van der Waals surface area contributed by atoms with Crippen LogP contribution in [0.1, 0.15) is 29.5 Å². The quantitative estimate of drug-likeness (QED) is 0.449. The van der Waals surface area contributed by atoms with Crippen LogP contribution in [0.4, 0.5) is 0 Å². The number of aryl methyl sites for hydroxylation is 2. The topological polar surface area (TPSA) is 38.0 Å². The van der Waals surface area contributed by atoms with E-state index in [-0.39, 0.29) is 6.04 Å². The number of benzene rings is 1. The standard InChI is InChI=1S/C14H20N2/c1-4-5-6-14(16-15)10-13-9-11(2)7-8-12(13)3/h1,7-9,14,16H,5-6,10,15H2,2-3H3. The number of rotatable bonds is 5. The number of terminal acetylenes is 1. The van der Waals surface area contributed by atoms with Crippen LogP contribution in [0.25, 0.3) is 0 Å². The van der Waals surface area contributed by atoms with Crippen LogP contribution in [0.2, 0.25) is 0 Å². The number of hydrogen-bond donors (Lipinski definition) is 2. The molecule has 16 heavy (non-hydrogen) atoms. The molecule has 1 aromatic rings. The summed E-state index contributed by atoms with van der Waals surface area (Å²) in [6, 6.07) is 6.76. The molecule has 86 valence electrons. The van der Waals surface area contributed by atoms with Gasteiger partial charge in [-0.2, -0.15) is 0 Å². The molecule has 0 saturated carbocycles. The van der Waals surface area contributed by atoms with Gasteiger partial charge in [-0.05, 0) is 37.8 Å². The fourth-order valence-corrected chi connectivity index (χ4v) is 1.79. The molecule has 0 amide bonds. The highest BCUT2D eigenvalue weighted by Gasteiger charge is 2.08. The Morgan fingerprint density at radius 3 is 2.81 bits per heavy atom. The first-order valence-corrected chi connectivity index (χ1v) is 5.63. The molecule has 0 radical (unpaired) electrons. The molecule has 1 rings (SSSR count). The van der Waals surface area contributed by atoms with Gasteiger partial charge in [0.25, 0.3) is 0 Å². The smallest absolute Gasteiger partial charge is 0.0260 e. The Morgan fingerprint density at radius 2 is 2.19 bits per heavy atom. The Kier molecular flexibility index (Phi) is 5.04. The lowest BCUT2D eigenvalue weighted by atomic mass is 9.97. The van der Waals surface area contributed by atoms with Crippen molar-refractivity contribution in [1.29, 1.82) is 0 Å². The summed E-state index contributed by atoms with van der Waals surface area (Å²) in [6.45, 7) is 4.23. The third-order valence-electron chi connectivity index (χ3n) is 2.84. The Balaban J connectivity index is 2.70. The van der Waals surface area contributed by atoms with Gasteiger partial charge in [-0.1, -0.05) is 23.8 Å². The summed E-state index contributed by atoms with van der Waals surface area (Å²) in [7, 11) is 0. The first-order valence-electron chi connectivity index (χ1n) is 5.63. The van der Waals surface area contributed by atoms with Gasteiger partial charge in [-0.15, -0.1) is 12.3 Å². The van der Waals surface area contributed by atoms with Crippen LogP contribution in [-0.2, 0) is 6.42 Å². The van der Waals surface area contributed by atoms with Crippen LogP contribution in [0.3, 0.4) is 0 Å². The van der Waals surface area contributed by atoms with E-state index in [1.54, 1.807) is 0 Å². The van der Waals surface area contributed by atoms with Gasteiger partial charge in [0.15, 0.2) is 0 Å². The normalized spacial score (nSPS) is 12.1. The van der Waals surface area contributed by atoms with Gasteiger partial charge in [0.05, 0.1) is 0 Å². The lowest BCUT2D eigenvalue weighted by molar-refractivity contribution is 0.497. The van der Waals surface area contributed by atoms with Crippen LogP contribution in [0.5, 0.6) is 0 Å². The average molecular weight is 216 g/mol. The highest BCUT2D eigenvalue weighted by atomic mass is 15.2. The molecular weight excluding hydrogens is 196 g/mol. The monoisotopic (exact) mass is 216 g/mol. The van der Waals surface area contributed by atoms with Crippen molar-refractivity contribution in [2.75, 3.05) is 0 Å². The zero-order valence-corrected chi connectivity index (χ0v) is 10.1. The summed E-state index contributed by atoms with van der Waals surface area (Å²) in [6.07, 6.45) is 7.88. The van der Waals surface area contributed by atoms with E-state index in [9.17, 15) is 0 Å². The zero-order chi connectivity index (χ0) is 12.0. The van der Waals surface area contributed by atoms with Gasteiger partial charge < -0.3 is 0 Å².